The first-order chi connectivity index (χ1) is 9.93. The molecule has 0 atom stereocenters. The Kier molecular flexibility index (Phi) is 3.25. The average Bonchev–Trinajstić information content (AvgIpc) is 3.11. The number of thiazole rings is 1. The molecule has 21 heavy (non-hydrogen) atoms. The zero-order chi connectivity index (χ0) is 15.1. The predicted octanol–water partition coefficient (Wildman–Crippen LogP) is 4.31. The molecular weight excluding hydrogens is 297 g/mol. The summed E-state index contributed by atoms with van der Waals surface area (Å²) in [6.45, 7) is 0. The van der Waals surface area contributed by atoms with Gasteiger partial charge in [-0.1, -0.05) is 18.2 Å². The van der Waals surface area contributed by atoms with Gasteiger partial charge in [-0.05, 0) is 24.5 Å². The quantitative estimate of drug-likeness (QED) is 0.847. The largest absolute Gasteiger partial charge is 0.416 e. The molecule has 3 rings (SSSR count). The summed E-state index contributed by atoms with van der Waals surface area (Å²) in [5.74, 6) is 0. The second kappa shape index (κ2) is 4.85. The van der Waals surface area contributed by atoms with Gasteiger partial charge in [0.2, 0.25) is 0 Å². The topological polar surface area (TPSA) is 36.7 Å². The van der Waals surface area contributed by atoms with Crippen LogP contribution in [0.1, 0.15) is 34.7 Å². The van der Waals surface area contributed by atoms with Crippen LogP contribution in [0.4, 0.5) is 13.2 Å². The highest BCUT2D eigenvalue weighted by Gasteiger charge is 2.46. The van der Waals surface area contributed by atoms with Gasteiger partial charge >= 0.3 is 6.18 Å². The van der Waals surface area contributed by atoms with Gasteiger partial charge in [0.05, 0.1) is 22.3 Å². The Morgan fingerprint density at radius 1 is 1.33 bits per heavy atom. The highest BCUT2D eigenvalue weighted by Crippen LogP contribution is 2.47. The van der Waals surface area contributed by atoms with Gasteiger partial charge in [-0.2, -0.15) is 18.4 Å². The van der Waals surface area contributed by atoms with E-state index in [1.54, 1.807) is 6.07 Å². The molecule has 0 saturated heterocycles. The van der Waals surface area contributed by atoms with E-state index in [0.717, 1.165) is 35.7 Å². The fraction of sp³-hybridized carbons (Fsp3) is 0.333. The normalized spacial score (nSPS) is 16.5. The van der Waals surface area contributed by atoms with E-state index in [1.807, 2.05) is 5.38 Å². The van der Waals surface area contributed by atoms with E-state index in [1.165, 1.54) is 17.4 Å². The van der Waals surface area contributed by atoms with E-state index in [0.29, 0.717) is 12.0 Å². The van der Waals surface area contributed by atoms with Crippen molar-refractivity contribution in [2.24, 2.45) is 0 Å². The molecule has 0 unspecified atom stereocenters. The van der Waals surface area contributed by atoms with Crippen molar-refractivity contribution in [1.29, 1.82) is 5.26 Å². The van der Waals surface area contributed by atoms with E-state index in [9.17, 15) is 13.2 Å². The van der Waals surface area contributed by atoms with Crippen LogP contribution >= 0.6 is 11.3 Å². The van der Waals surface area contributed by atoms with Crippen molar-refractivity contribution in [2.45, 2.75) is 30.9 Å². The summed E-state index contributed by atoms with van der Waals surface area (Å²) >= 11 is 1.40. The van der Waals surface area contributed by atoms with Crippen LogP contribution in [-0.2, 0) is 18.0 Å². The SMILES string of the molecule is N#CC1(c2csc(Cc3cccc(C(F)(F)F)c3)n2)CC1. The van der Waals surface area contributed by atoms with Gasteiger partial charge < -0.3 is 0 Å². The molecule has 108 valence electrons. The van der Waals surface area contributed by atoms with Crippen LogP contribution in [0, 0.1) is 11.3 Å². The first kappa shape index (κ1) is 14.1. The van der Waals surface area contributed by atoms with Gasteiger partial charge in [0.15, 0.2) is 0 Å². The Morgan fingerprint density at radius 3 is 2.71 bits per heavy atom. The van der Waals surface area contributed by atoms with Crippen LogP contribution in [-0.4, -0.2) is 4.98 Å². The molecule has 0 aliphatic heterocycles. The number of aromatic nitrogens is 1. The van der Waals surface area contributed by atoms with Crippen molar-refractivity contribution < 1.29 is 13.2 Å². The van der Waals surface area contributed by atoms with Crippen molar-refractivity contribution in [3.63, 3.8) is 0 Å². The maximum absolute atomic E-state index is 12.7. The molecule has 0 radical (unpaired) electrons. The summed E-state index contributed by atoms with van der Waals surface area (Å²) in [6, 6.07) is 7.55. The zero-order valence-corrected chi connectivity index (χ0v) is 11.8. The minimum atomic E-state index is -4.33. The van der Waals surface area contributed by atoms with Crippen molar-refractivity contribution >= 4 is 11.3 Å². The number of rotatable bonds is 3. The van der Waals surface area contributed by atoms with Crippen LogP contribution in [0.2, 0.25) is 0 Å². The maximum Gasteiger partial charge on any atom is 0.416 e. The molecule has 1 aliphatic rings. The lowest BCUT2D eigenvalue weighted by Gasteiger charge is -2.07. The molecule has 1 fully saturated rings. The van der Waals surface area contributed by atoms with E-state index < -0.39 is 17.2 Å². The summed E-state index contributed by atoms with van der Waals surface area (Å²) in [5, 5.41) is 11.7. The van der Waals surface area contributed by atoms with Gasteiger partial charge in [0.1, 0.15) is 5.41 Å². The van der Waals surface area contributed by atoms with Crippen LogP contribution in [0.15, 0.2) is 29.6 Å². The first-order valence-corrected chi connectivity index (χ1v) is 7.33. The Bertz CT molecular complexity index is 708. The molecule has 2 nitrogen and oxygen atoms in total. The summed E-state index contributed by atoms with van der Waals surface area (Å²) in [5.41, 5.74) is 0.250. The minimum absolute atomic E-state index is 0.357. The van der Waals surface area contributed by atoms with E-state index >= 15 is 0 Å². The summed E-state index contributed by atoms with van der Waals surface area (Å²) < 4.78 is 38.0. The van der Waals surface area contributed by atoms with Gasteiger partial charge in [-0.3, -0.25) is 0 Å². The lowest BCUT2D eigenvalue weighted by molar-refractivity contribution is -0.137. The molecule has 0 N–H and O–H groups in total. The lowest BCUT2D eigenvalue weighted by atomic mass is 10.1. The molecule has 0 spiro atoms. The molecule has 2 aromatic rings. The van der Waals surface area contributed by atoms with Crippen LogP contribution in [0.5, 0.6) is 0 Å². The molecule has 0 bridgehead atoms. The number of hydrogen-bond donors (Lipinski definition) is 0. The second-order valence-corrected chi connectivity index (χ2v) is 6.14. The molecule has 1 heterocycles. The number of hydrogen-bond acceptors (Lipinski definition) is 3. The Hall–Kier alpha value is -1.87. The number of nitrogens with zero attached hydrogens (tertiary/aromatic N) is 2. The van der Waals surface area contributed by atoms with Crippen LogP contribution in [0.25, 0.3) is 0 Å². The van der Waals surface area contributed by atoms with Gasteiger partial charge in [-0.25, -0.2) is 4.98 Å². The van der Waals surface area contributed by atoms with E-state index in [4.69, 9.17) is 5.26 Å². The molecular formula is C15H11F3N2S. The van der Waals surface area contributed by atoms with E-state index in [-0.39, 0.29) is 0 Å². The highest BCUT2D eigenvalue weighted by atomic mass is 32.1. The minimum Gasteiger partial charge on any atom is -0.244 e. The smallest absolute Gasteiger partial charge is 0.244 e. The Balaban J connectivity index is 1.80. The molecule has 1 aromatic heterocycles. The third-order valence-corrected chi connectivity index (χ3v) is 4.46. The Labute approximate surface area is 123 Å². The molecule has 1 aromatic carbocycles. The summed E-state index contributed by atoms with van der Waals surface area (Å²) in [4.78, 5) is 4.42. The molecule has 1 aliphatic carbocycles. The molecule has 0 amide bonds. The van der Waals surface area contributed by atoms with Crippen molar-refractivity contribution in [3.8, 4) is 6.07 Å². The third kappa shape index (κ3) is 2.79. The highest BCUT2D eigenvalue weighted by molar-refractivity contribution is 7.09. The standard InChI is InChI=1S/C15H11F3N2S/c16-15(17,18)11-3-1-2-10(6-11)7-13-20-12(8-21-13)14(9-19)4-5-14/h1-3,6,8H,4-5,7H2. The van der Waals surface area contributed by atoms with Crippen LogP contribution in [0.3, 0.4) is 0 Å². The maximum atomic E-state index is 12.7. The van der Waals surface area contributed by atoms with Gasteiger partial charge in [-0.15, -0.1) is 11.3 Å². The number of alkyl halides is 3. The van der Waals surface area contributed by atoms with Crippen molar-refractivity contribution in [2.75, 3.05) is 0 Å². The first-order valence-electron chi connectivity index (χ1n) is 6.45. The summed E-state index contributed by atoms with van der Waals surface area (Å²) in [6.07, 6.45) is -2.34. The van der Waals surface area contributed by atoms with Gasteiger partial charge in [0, 0.05) is 11.8 Å². The number of nitriles is 1. The fourth-order valence-corrected chi connectivity index (χ4v) is 3.12. The van der Waals surface area contributed by atoms with Crippen molar-refractivity contribution in [3.05, 3.63) is 51.5 Å². The molecule has 1 saturated carbocycles. The number of halogens is 3. The fourth-order valence-electron chi connectivity index (χ4n) is 2.19. The Morgan fingerprint density at radius 2 is 2.10 bits per heavy atom. The van der Waals surface area contributed by atoms with Crippen molar-refractivity contribution in [1.82, 2.24) is 4.98 Å². The third-order valence-electron chi connectivity index (χ3n) is 3.62. The lowest BCUT2D eigenvalue weighted by Crippen LogP contribution is -2.05. The monoisotopic (exact) mass is 308 g/mol. The summed E-state index contributed by atoms with van der Waals surface area (Å²) in [7, 11) is 0. The zero-order valence-electron chi connectivity index (χ0n) is 10.9. The van der Waals surface area contributed by atoms with Gasteiger partial charge in [0.25, 0.3) is 0 Å². The second-order valence-electron chi connectivity index (χ2n) is 5.20. The molecule has 6 heteroatoms. The average molecular weight is 308 g/mol. The number of benzene rings is 1. The van der Waals surface area contributed by atoms with Crippen LogP contribution < -0.4 is 0 Å². The predicted molar refractivity (Wildman–Crippen MR) is 72.9 cm³/mol. The van der Waals surface area contributed by atoms with E-state index in [2.05, 4.69) is 11.1 Å².